The smallest absolute Gasteiger partial charge is 0.410 e. The lowest BCUT2D eigenvalue weighted by Crippen LogP contribution is -2.32. The first-order valence-corrected chi connectivity index (χ1v) is 6.07. The maximum absolute atomic E-state index is 11.6. The van der Waals surface area contributed by atoms with Crippen LogP contribution >= 0.6 is 23.2 Å². The molecule has 2 atom stereocenters. The minimum atomic E-state index is -0.433. The van der Waals surface area contributed by atoms with Gasteiger partial charge in [0, 0.05) is 13.6 Å². The van der Waals surface area contributed by atoms with Gasteiger partial charge in [0.05, 0.1) is 6.04 Å². The maximum Gasteiger partial charge on any atom is 0.410 e. The Balaban J connectivity index is 2.36. The van der Waals surface area contributed by atoms with Gasteiger partial charge in [0.25, 0.3) is 0 Å². The number of aromatic nitrogens is 2. The number of carbonyl (C=O) groups is 1. The van der Waals surface area contributed by atoms with Crippen LogP contribution in [0.2, 0.25) is 10.3 Å². The highest BCUT2D eigenvalue weighted by Crippen LogP contribution is 2.34. The molecule has 0 spiro atoms. The van der Waals surface area contributed by atoms with Crippen molar-refractivity contribution in [1.82, 2.24) is 14.5 Å². The summed E-state index contributed by atoms with van der Waals surface area (Å²) in [5, 5.41) is 0.572. The van der Waals surface area contributed by atoms with E-state index >= 15 is 0 Å². The third-order valence-corrected chi connectivity index (χ3v) is 3.80. The molecule has 1 aliphatic heterocycles. The van der Waals surface area contributed by atoms with E-state index in [-0.39, 0.29) is 17.3 Å². The van der Waals surface area contributed by atoms with Crippen LogP contribution in [-0.2, 0) is 11.8 Å². The zero-order valence-corrected chi connectivity index (χ0v) is 11.3. The lowest BCUT2D eigenvalue weighted by molar-refractivity contribution is 0.125. The van der Waals surface area contributed by atoms with Crippen LogP contribution < -0.4 is 0 Å². The molecule has 0 unspecified atom stereocenters. The van der Waals surface area contributed by atoms with Crippen molar-refractivity contribution in [3.05, 3.63) is 16.1 Å². The highest BCUT2D eigenvalue weighted by atomic mass is 35.5. The minimum absolute atomic E-state index is 0.0827. The number of cyclic esters (lactones) is 1. The van der Waals surface area contributed by atoms with E-state index in [0.717, 1.165) is 0 Å². The summed E-state index contributed by atoms with van der Waals surface area (Å²) in [6.45, 7) is 4.41. The second-order valence-corrected chi connectivity index (χ2v) is 4.66. The molecule has 1 fully saturated rings. The minimum Gasteiger partial charge on any atom is -0.436 e. The summed E-state index contributed by atoms with van der Waals surface area (Å²) in [5.41, 5.74) is 0. The van der Waals surface area contributed by atoms with Gasteiger partial charge in [-0.25, -0.2) is 9.78 Å². The standard InChI is InChI=1S/C10H13Cl2N3O2/c1-4-15-5(2)6(17-10(15)16)9-13-7(11)8(12)14(9)3/h5-6H,4H2,1-3H3/t5-,6-/m0/s1. The molecule has 5 nitrogen and oxygen atoms in total. The van der Waals surface area contributed by atoms with Crippen molar-refractivity contribution in [2.75, 3.05) is 6.54 Å². The Morgan fingerprint density at radius 3 is 2.53 bits per heavy atom. The number of imidazole rings is 1. The Labute approximate surface area is 109 Å². The highest BCUT2D eigenvalue weighted by molar-refractivity contribution is 6.40. The van der Waals surface area contributed by atoms with Crippen LogP contribution in [0.25, 0.3) is 0 Å². The summed E-state index contributed by atoms with van der Waals surface area (Å²) in [7, 11) is 1.74. The van der Waals surface area contributed by atoms with E-state index in [1.54, 1.807) is 16.5 Å². The predicted octanol–water partition coefficient (Wildman–Crippen LogP) is 2.63. The van der Waals surface area contributed by atoms with E-state index in [1.807, 2.05) is 13.8 Å². The summed E-state index contributed by atoms with van der Waals surface area (Å²) in [5.74, 6) is 0.566. The first kappa shape index (κ1) is 12.5. The largest absolute Gasteiger partial charge is 0.436 e. The second-order valence-electron chi connectivity index (χ2n) is 3.94. The number of rotatable bonds is 2. The van der Waals surface area contributed by atoms with Crippen molar-refractivity contribution < 1.29 is 9.53 Å². The summed E-state index contributed by atoms with van der Waals surface area (Å²) < 4.78 is 6.94. The van der Waals surface area contributed by atoms with Crippen molar-refractivity contribution in [3.63, 3.8) is 0 Å². The maximum atomic E-state index is 11.6. The van der Waals surface area contributed by atoms with Crippen molar-refractivity contribution in [2.45, 2.75) is 26.0 Å². The number of ether oxygens (including phenoxy) is 1. The average Bonchev–Trinajstić information content (AvgIpc) is 2.71. The molecule has 1 aromatic heterocycles. The number of amides is 1. The molecule has 1 aliphatic rings. The average molecular weight is 278 g/mol. The van der Waals surface area contributed by atoms with Gasteiger partial charge < -0.3 is 14.2 Å². The van der Waals surface area contributed by atoms with E-state index in [1.165, 1.54) is 0 Å². The monoisotopic (exact) mass is 277 g/mol. The van der Waals surface area contributed by atoms with Gasteiger partial charge >= 0.3 is 6.09 Å². The van der Waals surface area contributed by atoms with Crippen LogP contribution in [0.15, 0.2) is 0 Å². The highest BCUT2D eigenvalue weighted by Gasteiger charge is 2.41. The number of nitrogens with zero attached hydrogens (tertiary/aromatic N) is 3. The third kappa shape index (κ3) is 1.87. The van der Waals surface area contributed by atoms with E-state index in [2.05, 4.69) is 4.98 Å². The molecule has 2 rings (SSSR count). The summed E-state index contributed by atoms with van der Waals surface area (Å²) >= 11 is 11.8. The molecule has 2 heterocycles. The molecule has 0 N–H and O–H groups in total. The molecule has 0 aromatic carbocycles. The van der Waals surface area contributed by atoms with E-state index in [4.69, 9.17) is 27.9 Å². The normalized spacial score (nSPS) is 24.3. The predicted molar refractivity (Wildman–Crippen MR) is 64.3 cm³/mol. The van der Waals surface area contributed by atoms with Crippen molar-refractivity contribution >= 4 is 29.3 Å². The van der Waals surface area contributed by atoms with Gasteiger partial charge in [-0.15, -0.1) is 0 Å². The van der Waals surface area contributed by atoms with Gasteiger partial charge in [-0.1, -0.05) is 23.2 Å². The van der Waals surface area contributed by atoms with Crippen LogP contribution in [-0.4, -0.2) is 33.1 Å². The lowest BCUT2D eigenvalue weighted by atomic mass is 10.1. The number of likely N-dealkylation sites (N-methyl/N-ethyl adjacent to an activating group) is 1. The Morgan fingerprint density at radius 2 is 2.12 bits per heavy atom. The molecule has 17 heavy (non-hydrogen) atoms. The Morgan fingerprint density at radius 1 is 1.47 bits per heavy atom. The Hall–Kier alpha value is -0.940. The first-order valence-electron chi connectivity index (χ1n) is 5.32. The first-order chi connectivity index (χ1) is 7.97. The zero-order valence-electron chi connectivity index (χ0n) is 9.78. The fraction of sp³-hybridized carbons (Fsp3) is 0.600. The summed E-state index contributed by atoms with van der Waals surface area (Å²) in [6, 6.07) is -0.0827. The van der Waals surface area contributed by atoms with Gasteiger partial charge in [-0.05, 0) is 13.8 Å². The van der Waals surface area contributed by atoms with Crippen LogP contribution in [0, 0.1) is 0 Å². The molecule has 1 aromatic rings. The molecule has 0 bridgehead atoms. The molecule has 0 radical (unpaired) electrons. The molecule has 1 saturated heterocycles. The topological polar surface area (TPSA) is 47.4 Å². The molecule has 0 saturated carbocycles. The molecule has 7 heteroatoms. The quantitative estimate of drug-likeness (QED) is 0.835. The van der Waals surface area contributed by atoms with Crippen LogP contribution in [0.5, 0.6) is 0 Å². The Bertz CT molecular complexity index is 461. The van der Waals surface area contributed by atoms with Crippen molar-refractivity contribution in [1.29, 1.82) is 0 Å². The van der Waals surface area contributed by atoms with E-state index < -0.39 is 6.10 Å². The van der Waals surface area contributed by atoms with Crippen LogP contribution in [0.3, 0.4) is 0 Å². The summed E-state index contributed by atoms with van der Waals surface area (Å²) in [6.07, 6.45) is -0.766. The van der Waals surface area contributed by atoms with Crippen LogP contribution in [0.1, 0.15) is 25.8 Å². The van der Waals surface area contributed by atoms with Crippen molar-refractivity contribution in [3.8, 4) is 0 Å². The van der Waals surface area contributed by atoms with E-state index in [9.17, 15) is 4.79 Å². The van der Waals surface area contributed by atoms with Crippen LogP contribution in [0.4, 0.5) is 4.79 Å². The SMILES string of the molecule is CCN1C(=O)O[C@H](c2nc(Cl)c(Cl)n2C)[C@@H]1C. The summed E-state index contributed by atoms with van der Waals surface area (Å²) in [4.78, 5) is 17.4. The number of carbonyl (C=O) groups excluding carboxylic acids is 1. The molecule has 94 valence electrons. The third-order valence-electron chi connectivity index (χ3n) is 3.01. The van der Waals surface area contributed by atoms with E-state index in [0.29, 0.717) is 17.5 Å². The molecule has 1 amide bonds. The van der Waals surface area contributed by atoms with Gasteiger partial charge in [-0.2, -0.15) is 0 Å². The number of hydrogen-bond acceptors (Lipinski definition) is 3. The number of hydrogen-bond donors (Lipinski definition) is 0. The van der Waals surface area contributed by atoms with Gasteiger partial charge in [-0.3, -0.25) is 0 Å². The fourth-order valence-electron chi connectivity index (χ4n) is 2.01. The zero-order chi connectivity index (χ0) is 12.7. The molecule has 0 aliphatic carbocycles. The molecular formula is C10H13Cl2N3O2. The lowest BCUT2D eigenvalue weighted by Gasteiger charge is -2.18. The number of halogens is 2. The van der Waals surface area contributed by atoms with Gasteiger partial charge in [0.1, 0.15) is 5.15 Å². The second kappa shape index (κ2) is 4.38. The van der Waals surface area contributed by atoms with Gasteiger partial charge in [0.15, 0.2) is 17.1 Å². The fourth-order valence-corrected chi connectivity index (χ4v) is 2.35. The molecular weight excluding hydrogens is 265 g/mol. The van der Waals surface area contributed by atoms with Gasteiger partial charge in [0.2, 0.25) is 0 Å². The Kier molecular flexibility index (Phi) is 3.23. The van der Waals surface area contributed by atoms with Crippen molar-refractivity contribution in [2.24, 2.45) is 7.05 Å².